The van der Waals surface area contributed by atoms with E-state index in [1.54, 1.807) is 0 Å². The molecule has 4 aliphatic carbocycles. The average Bonchev–Trinajstić information content (AvgIpc) is 3.35. The number of carbonyl (C=O) groups is 2. The van der Waals surface area contributed by atoms with Crippen LogP contribution in [0.25, 0.3) is 0 Å². The molecule has 2 fully saturated rings. The van der Waals surface area contributed by atoms with Crippen LogP contribution in [0, 0.1) is 11.8 Å². The molecule has 2 saturated carbocycles. The molecule has 0 aromatic heterocycles. The van der Waals surface area contributed by atoms with Crippen molar-refractivity contribution < 1.29 is 9.59 Å². The Balaban J connectivity index is 0.000000123. The highest BCUT2D eigenvalue weighted by Gasteiger charge is 2.56. The summed E-state index contributed by atoms with van der Waals surface area (Å²) in [6.45, 7) is 0. The quantitative estimate of drug-likeness (QED) is 0.543. The van der Waals surface area contributed by atoms with Gasteiger partial charge in [0.25, 0.3) is 0 Å². The molecule has 0 bridgehead atoms. The fraction of sp³-hybridized carbons (Fsp3) is 0.417. The number of benzene rings is 2. The van der Waals surface area contributed by atoms with E-state index in [2.05, 4.69) is 30.3 Å². The second kappa shape index (κ2) is 6.71. The van der Waals surface area contributed by atoms with Crippen LogP contribution in [-0.2, 0) is 22.4 Å². The Morgan fingerprint density at radius 3 is 2.07 bits per heavy atom. The molecule has 4 heteroatoms. The van der Waals surface area contributed by atoms with E-state index in [9.17, 15) is 9.59 Å². The van der Waals surface area contributed by atoms with Gasteiger partial charge in [-0.1, -0.05) is 71.7 Å². The lowest BCUT2D eigenvalue weighted by Crippen LogP contribution is -2.25. The summed E-state index contributed by atoms with van der Waals surface area (Å²) in [5.74, 6) is 1.95. The van der Waals surface area contributed by atoms with E-state index in [4.69, 9.17) is 23.2 Å². The summed E-state index contributed by atoms with van der Waals surface area (Å²) in [6.07, 6.45) is 4.20. The molecule has 0 N–H and O–H groups in total. The summed E-state index contributed by atoms with van der Waals surface area (Å²) in [4.78, 5) is 22.9. The van der Waals surface area contributed by atoms with Gasteiger partial charge in [-0.25, -0.2) is 0 Å². The first-order chi connectivity index (χ1) is 13.4. The molecule has 0 radical (unpaired) electrons. The van der Waals surface area contributed by atoms with Gasteiger partial charge in [0, 0.05) is 25.2 Å². The van der Waals surface area contributed by atoms with E-state index in [0.717, 1.165) is 25.7 Å². The van der Waals surface area contributed by atoms with E-state index in [1.807, 2.05) is 18.2 Å². The second-order valence-electron chi connectivity index (χ2n) is 8.61. The van der Waals surface area contributed by atoms with E-state index < -0.39 is 4.33 Å². The molecule has 2 aromatic carbocycles. The number of carbonyl (C=O) groups excluding carboxylic acids is 2. The van der Waals surface area contributed by atoms with E-state index in [1.165, 1.54) is 22.3 Å². The molecule has 0 aliphatic heterocycles. The smallest absolute Gasteiger partial charge is 0.182 e. The summed E-state index contributed by atoms with van der Waals surface area (Å²) in [6, 6.07) is 16.7. The first-order valence-electron chi connectivity index (χ1n) is 10.0. The summed E-state index contributed by atoms with van der Waals surface area (Å²) in [5.41, 5.74) is 5.38. The third-order valence-corrected chi connectivity index (χ3v) is 7.89. The fourth-order valence-electron chi connectivity index (χ4n) is 5.78. The van der Waals surface area contributed by atoms with Crippen molar-refractivity contribution >= 4 is 34.8 Å². The predicted octanol–water partition coefficient (Wildman–Crippen LogP) is 5.39. The Bertz CT molecular complexity index is 965. The lowest BCUT2D eigenvalue weighted by Gasteiger charge is -2.20. The molecule has 2 aromatic rings. The molecule has 144 valence electrons. The summed E-state index contributed by atoms with van der Waals surface area (Å²) < 4.78 is -1.20. The number of rotatable bonds is 0. The third kappa shape index (κ3) is 2.84. The molecule has 2 nitrogen and oxygen atoms in total. The van der Waals surface area contributed by atoms with Crippen molar-refractivity contribution in [2.75, 3.05) is 0 Å². The number of Topliss-reactive ketones (excluding diaryl/α,β-unsaturated/α-hetero) is 2. The van der Waals surface area contributed by atoms with Crippen LogP contribution in [0.3, 0.4) is 0 Å². The van der Waals surface area contributed by atoms with Crippen LogP contribution >= 0.6 is 23.2 Å². The highest BCUT2D eigenvalue weighted by Crippen LogP contribution is 2.56. The SMILES string of the molecule is O=C1CC2Cc3ccccc3C2C1.O=C1CC2Cc3ccccc3C2C1(Cl)Cl. The molecule has 0 saturated heterocycles. The minimum Gasteiger partial charge on any atom is -0.300 e. The first kappa shape index (κ1) is 18.4. The van der Waals surface area contributed by atoms with Crippen molar-refractivity contribution in [3.63, 3.8) is 0 Å². The molecule has 4 atom stereocenters. The minimum absolute atomic E-state index is 0.00420. The number of alkyl halides is 2. The van der Waals surface area contributed by atoms with Gasteiger partial charge in [-0.3, -0.25) is 9.59 Å². The lowest BCUT2D eigenvalue weighted by atomic mass is 9.96. The zero-order chi connectivity index (χ0) is 19.5. The monoisotopic (exact) mass is 412 g/mol. The maximum Gasteiger partial charge on any atom is 0.182 e. The number of ketones is 2. The highest BCUT2D eigenvalue weighted by atomic mass is 35.5. The van der Waals surface area contributed by atoms with Crippen LogP contribution in [-0.4, -0.2) is 15.9 Å². The number of halogens is 2. The van der Waals surface area contributed by atoms with Crippen LogP contribution in [0.4, 0.5) is 0 Å². The second-order valence-corrected chi connectivity index (χ2v) is 9.99. The Hall–Kier alpha value is -1.64. The van der Waals surface area contributed by atoms with Gasteiger partial charge in [0.1, 0.15) is 5.78 Å². The van der Waals surface area contributed by atoms with Crippen molar-refractivity contribution in [1.29, 1.82) is 0 Å². The van der Waals surface area contributed by atoms with Gasteiger partial charge in [0.2, 0.25) is 0 Å². The zero-order valence-corrected chi connectivity index (χ0v) is 17.0. The Morgan fingerprint density at radius 2 is 1.32 bits per heavy atom. The van der Waals surface area contributed by atoms with Gasteiger partial charge < -0.3 is 0 Å². The van der Waals surface area contributed by atoms with Gasteiger partial charge in [0.05, 0.1) is 0 Å². The van der Waals surface area contributed by atoms with Crippen LogP contribution in [0.2, 0.25) is 0 Å². The summed E-state index contributed by atoms with van der Waals surface area (Å²) in [7, 11) is 0. The molecule has 0 spiro atoms. The Labute approximate surface area is 175 Å². The molecule has 28 heavy (non-hydrogen) atoms. The Kier molecular flexibility index (Phi) is 4.41. The normalized spacial score (nSPS) is 30.9. The molecular formula is C24H22Cl2O2. The molecule has 4 unspecified atom stereocenters. The molecular weight excluding hydrogens is 391 g/mol. The van der Waals surface area contributed by atoms with Crippen molar-refractivity contribution in [2.24, 2.45) is 11.8 Å². The van der Waals surface area contributed by atoms with Crippen molar-refractivity contribution in [3.05, 3.63) is 70.8 Å². The van der Waals surface area contributed by atoms with E-state index in [-0.39, 0.29) is 11.7 Å². The summed E-state index contributed by atoms with van der Waals surface area (Å²) >= 11 is 12.3. The maximum absolute atomic E-state index is 11.7. The van der Waals surface area contributed by atoms with E-state index in [0.29, 0.717) is 30.0 Å². The van der Waals surface area contributed by atoms with Crippen molar-refractivity contribution in [1.82, 2.24) is 0 Å². The van der Waals surface area contributed by atoms with Gasteiger partial charge in [-0.2, -0.15) is 0 Å². The lowest BCUT2D eigenvalue weighted by molar-refractivity contribution is -0.118. The van der Waals surface area contributed by atoms with E-state index >= 15 is 0 Å². The highest BCUT2D eigenvalue weighted by molar-refractivity contribution is 6.59. The van der Waals surface area contributed by atoms with Gasteiger partial charge in [0.15, 0.2) is 10.1 Å². The number of fused-ring (bicyclic) bond motifs is 6. The number of hydrogen-bond donors (Lipinski definition) is 0. The number of hydrogen-bond acceptors (Lipinski definition) is 2. The zero-order valence-electron chi connectivity index (χ0n) is 15.5. The predicted molar refractivity (Wildman–Crippen MR) is 111 cm³/mol. The van der Waals surface area contributed by atoms with Crippen LogP contribution in [0.1, 0.15) is 53.4 Å². The van der Waals surface area contributed by atoms with Crippen LogP contribution in [0.15, 0.2) is 48.5 Å². The molecule has 6 rings (SSSR count). The van der Waals surface area contributed by atoms with Gasteiger partial charge in [-0.05, 0) is 52.8 Å². The fourth-order valence-corrected chi connectivity index (χ4v) is 6.53. The first-order valence-corrected chi connectivity index (χ1v) is 10.8. The van der Waals surface area contributed by atoms with Crippen molar-refractivity contribution in [3.8, 4) is 0 Å². The Morgan fingerprint density at radius 1 is 0.714 bits per heavy atom. The van der Waals surface area contributed by atoms with Crippen molar-refractivity contribution in [2.45, 2.75) is 48.3 Å². The molecule has 0 heterocycles. The average molecular weight is 413 g/mol. The van der Waals surface area contributed by atoms with Crippen LogP contribution in [0.5, 0.6) is 0 Å². The topological polar surface area (TPSA) is 34.1 Å². The maximum atomic E-state index is 11.7. The standard InChI is InChI=1S/C12H10Cl2O.C12H12O/c13-12(14)10(15)6-8-5-7-3-1-2-4-9(7)11(8)12;13-10-6-9-5-8-3-1-2-4-11(8)12(9)7-10/h1-4,8,11H,5-6H2;1-4,9,12H,5-7H2. The van der Waals surface area contributed by atoms with Crippen LogP contribution < -0.4 is 0 Å². The molecule has 4 aliphatic rings. The van der Waals surface area contributed by atoms with Gasteiger partial charge in [-0.15, -0.1) is 0 Å². The third-order valence-electron chi connectivity index (χ3n) is 7.00. The largest absolute Gasteiger partial charge is 0.300 e. The minimum atomic E-state index is -1.20. The van der Waals surface area contributed by atoms with Gasteiger partial charge >= 0.3 is 0 Å². The summed E-state index contributed by atoms with van der Waals surface area (Å²) in [5, 5.41) is 0. The molecule has 0 amide bonds.